The molecule has 0 radical (unpaired) electrons. The summed E-state index contributed by atoms with van der Waals surface area (Å²) in [4.78, 5) is 2.31. The molecule has 12 rings (SSSR count). The molecule has 0 saturated carbocycles. The number of benzene rings is 10. The van der Waals surface area contributed by atoms with Crippen molar-refractivity contribution in [3.8, 4) is 44.8 Å². The van der Waals surface area contributed by atoms with Gasteiger partial charge >= 0.3 is 0 Å². The molecule has 0 bridgehead atoms. The van der Waals surface area contributed by atoms with Crippen molar-refractivity contribution in [3.05, 3.63) is 249 Å². The molecule has 0 aliphatic carbocycles. The fourth-order valence-electron chi connectivity index (χ4n) is 9.51. The molecule has 0 atom stereocenters. The standard InChI is InChI=1S/C60H41N3/c1-6-16-42(17-7-1)44-28-34-57-53(38-44)55-40-46(30-36-59(55)62(57)50-22-12-4-13-23-50)47-31-37-60-56(41-47)54-39-45(29-35-58(54)63(60)51-24-14-5-15-25-51)43-26-32-52(33-27-43)61(48-18-8-2-9-19-48)49-20-10-3-11-21-49/h1-41H. The summed E-state index contributed by atoms with van der Waals surface area (Å²) in [5.74, 6) is 0. The van der Waals surface area contributed by atoms with Gasteiger partial charge in [-0.2, -0.15) is 0 Å². The summed E-state index contributed by atoms with van der Waals surface area (Å²) in [5.41, 5.74) is 17.6. The Balaban J connectivity index is 1.00. The van der Waals surface area contributed by atoms with Crippen LogP contribution < -0.4 is 4.90 Å². The van der Waals surface area contributed by atoms with Gasteiger partial charge in [0.15, 0.2) is 0 Å². The van der Waals surface area contributed by atoms with Crippen molar-refractivity contribution >= 4 is 60.7 Å². The van der Waals surface area contributed by atoms with Crippen molar-refractivity contribution in [3.63, 3.8) is 0 Å². The van der Waals surface area contributed by atoms with Crippen molar-refractivity contribution in [2.24, 2.45) is 0 Å². The zero-order chi connectivity index (χ0) is 41.7. The first-order chi connectivity index (χ1) is 31.2. The third-order valence-corrected chi connectivity index (χ3v) is 12.5. The van der Waals surface area contributed by atoms with Gasteiger partial charge in [0.2, 0.25) is 0 Å². The Kier molecular flexibility index (Phi) is 8.83. The molecule has 0 unspecified atom stereocenters. The predicted molar refractivity (Wildman–Crippen MR) is 266 cm³/mol. The smallest absolute Gasteiger partial charge is 0.0541 e. The number of nitrogens with zero attached hydrogens (tertiary/aromatic N) is 3. The van der Waals surface area contributed by atoms with E-state index in [0.29, 0.717) is 0 Å². The summed E-state index contributed by atoms with van der Waals surface area (Å²) < 4.78 is 4.80. The maximum atomic E-state index is 2.40. The summed E-state index contributed by atoms with van der Waals surface area (Å²) in [6.07, 6.45) is 0. The van der Waals surface area contributed by atoms with Crippen LogP contribution in [-0.2, 0) is 0 Å². The van der Waals surface area contributed by atoms with Gasteiger partial charge in [-0.05, 0) is 143 Å². The van der Waals surface area contributed by atoms with Gasteiger partial charge in [-0.15, -0.1) is 0 Å². The highest BCUT2D eigenvalue weighted by Gasteiger charge is 2.18. The molecule has 0 amide bonds. The number of anilines is 3. The second-order valence-electron chi connectivity index (χ2n) is 16.2. The minimum absolute atomic E-state index is 1.11. The summed E-state index contributed by atoms with van der Waals surface area (Å²) >= 11 is 0. The first kappa shape index (κ1) is 36.5. The summed E-state index contributed by atoms with van der Waals surface area (Å²) in [7, 11) is 0. The maximum absolute atomic E-state index is 2.40. The van der Waals surface area contributed by atoms with E-state index >= 15 is 0 Å². The lowest BCUT2D eigenvalue weighted by Gasteiger charge is -2.25. The lowest BCUT2D eigenvalue weighted by atomic mass is 9.98. The van der Waals surface area contributed by atoms with Crippen LogP contribution in [0.5, 0.6) is 0 Å². The molecule has 296 valence electrons. The summed E-state index contributed by atoms with van der Waals surface area (Å²) in [6, 6.07) is 90.0. The van der Waals surface area contributed by atoms with Crippen molar-refractivity contribution < 1.29 is 0 Å². The molecule has 3 heteroatoms. The molecule has 0 fully saturated rings. The third-order valence-electron chi connectivity index (χ3n) is 12.5. The van der Waals surface area contributed by atoms with E-state index in [2.05, 4.69) is 263 Å². The Hall–Kier alpha value is -8.40. The number of rotatable bonds is 8. The van der Waals surface area contributed by atoms with Crippen LogP contribution >= 0.6 is 0 Å². The second kappa shape index (κ2) is 15.3. The number of aromatic nitrogens is 2. The van der Waals surface area contributed by atoms with E-state index in [4.69, 9.17) is 0 Å². The Labute approximate surface area is 366 Å². The highest BCUT2D eigenvalue weighted by molar-refractivity contribution is 6.14. The van der Waals surface area contributed by atoms with Gasteiger partial charge in [0.1, 0.15) is 0 Å². The summed E-state index contributed by atoms with van der Waals surface area (Å²) in [5, 5.41) is 4.92. The van der Waals surface area contributed by atoms with Crippen LogP contribution in [0.4, 0.5) is 17.1 Å². The zero-order valence-corrected chi connectivity index (χ0v) is 34.5. The van der Waals surface area contributed by atoms with Crippen LogP contribution in [0, 0.1) is 0 Å². The van der Waals surface area contributed by atoms with E-state index in [1.807, 2.05) is 0 Å². The van der Waals surface area contributed by atoms with Crippen molar-refractivity contribution in [1.82, 2.24) is 9.13 Å². The van der Waals surface area contributed by atoms with Crippen LogP contribution in [0.15, 0.2) is 249 Å². The van der Waals surface area contributed by atoms with Crippen LogP contribution in [0.2, 0.25) is 0 Å². The molecule has 0 N–H and O–H groups in total. The number of para-hydroxylation sites is 4. The Morgan fingerprint density at radius 2 is 0.492 bits per heavy atom. The highest BCUT2D eigenvalue weighted by Crippen LogP contribution is 2.41. The topological polar surface area (TPSA) is 13.1 Å². The molecule has 0 spiro atoms. The average Bonchev–Trinajstić information content (AvgIpc) is 3.87. The SMILES string of the molecule is c1ccc(-c2ccc3c(c2)c2cc(-c4ccc5c(c4)c4cc(-c6ccc(N(c7ccccc7)c7ccccc7)cc6)ccc4n5-c4ccccc4)ccc2n3-c2ccccc2)cc1. The normalized spacial score (nSPS) is 11.5. The largest absolute Gasteiger partial charge is 0.311 e. The monoisotopic (exact) mass is 803 g/mol. The van der Waals surface area contributed by atoms with E-state index < -0.39 is 0 Å². The van der Waals surface area contributed by atoms with Crippen LogP contribution in [-0.4, -0.2) is 9.13 Å². The van der Waals surface area contributed by atoms with E-state index in [1.54, 1.807) is 0 Å². The van der Waals surface area contributed by atoms with Gasteiger partial charge in [0, 0.05) is 50.0 Å². The molecule has 2 aromatic heterocycles. The van der Waals surface area contributed by atoms with Crippen molar-refractivity contribution in [2.45, 2.75) is 0 Å². The van der Waals surface area contributed by atoms with E-state index in [-0.39, 0.29) is 0 Å². The number of fused-ring (bicyclic) bond motifs is 6. The minimum Gasteiger partial charge on any atom is -0.311 e. The van der Waals surface area contributed by atoms with E-state index in [0.717, 1.165) is 28.4 Å². The van der Waals surface area contributed by atoms with Gasteiger partial charge < -0.3 is 14.0 Å². The molecule has 0 aliphatic heterocycles. The fraction of sp³-hybridized carbons (Fsp3) is 0. The predicted octanol–water partition coefficient (Wildman–Crippen LogP) is 16.4. The average molecular weight is 804 g/mol. The van der Waals surface area contributed by atoms with Gasteiger partial charge in [-0.3, -0.25) is 0 Å². The molecule has 0 aliphatic rings. The molecule has 10 aromatic carbocycles. The fourth-order valence-corrected chi connectivity index (χ4v) is 9.51. The first-order valence-electron chi connectivity index (χ1n) is 21.6. The van der Waals surface area contributed by atoms with Gasteiger partial charge in [0.25, 0.3) is 0 Å². The van der Waals surface area contributed by atoms with Crippen LogP contribution in [0.1, 0.15) is 0 Å². The maximum Gasteiger partial charge on any atom is 0.0541 e. The molecule has 63 heavy (non-hydrogen) atoms. The van der Waals surface area contributed by atoms with Crippen molar-refractivity contribution in [1.29, 1.82) is 0 Å². The second-order valence-corrected chi connectivity index (χ2v) is 16.2. The van der Waals surface area contributed by atoms with Gasteiger partial charge in [-0.1, -0.05) is 140 Å². The number of hydrogen-bond acceptors (Lipinski definition) is 1. The lowest BCUT2D eigenvalue weighted by molar-refractivity contribution is 1.18. The molecule has 3 nitrogen and oxygen atoms in total. The van der Waals surface area contributed by atoms with Gasteiger partial charge in [-0.25, -0.2) is 0 Å². The quantitative estimate of drug-likeness (QED) is 0.149. The van der Waals surface area contributed by atoms with E-state index in [9.17, 15) is 0 Å². The van der Waals surface area contributed by atoms with Crippen LogP contribution in [0.3, 0.4) is 0 Å². The van der Waals surface area contributed by atoms with E-state index in [1.165, 1.54) is 77.0 Å². The Bertz CT molecular complexity index is 3530. The first-order valence-corrected chi connectivity index (χ1v) is 21.6. The zero-order valence-electron chi connectivity index (χ0n) is 34.5. The Morgan fingerprint density at radius 1 is 0.222 bits per heavy atom. The van der Waals surface area contributed by atoms with Crippen molar-refractivity contribution in [2.75, 3.05) is 4.90 Å². The Morgan fingerprint density at radius 3 is 0.857 bits per heavy atom. The van der Waals surface area contributed by atoms with Gasteiger partial charge in [0.05, 0.1) is 22.1 Å². The minimum atomic E-state index is 1.11. The molecular formula is C60H41N3. The highest BCUT2D eigenvalue weighted by atomic mass is 15.1. The molecule has 0 saturated heterocycles. The number of hydrogen-bond donors (Lipinski definition) is 0. The molecular weight excluding hydrogens is 763 g/mol. The third kappa shape index (κ3) is 6.38. The molecule has 2 heterocycles. The van der Waals surface area contributed by atoms with Crippen LogP contribution in [0.25, 0.3) is 88.4 Å². The molecule has 12 aromatic rings. The summed E-state index contributed by atoms with van der Waals surface area (Å²) in [6.45, 7) is 0. The lowest BCUT2D eigenvalue weighted by Crippen LogP contribution is -2.09.